The summed E-state index contributed by atoms with van der Waals surface area (Å²) >= 11 is 0. The Bertz CT molecular complexity index is 615. The second-order valence-electron chi connectivity index (χ2n) is 4.79. The van der Waals surface area contributed by atoms with Crippen LogP contribution in [0.2, 0.25) is 0 Å². The Morgan fingerprint density at radius 2 is 2.22 bits per heavy atom. The highest BCUT2D eigenvalue weighted by Crippen LogP contribution is 2.23. The number of nitrogens with one attached hydrogen (secondary N) is 1. The second-order valence-corrected chi connectivity index (χ2v) is 4.79. The molecule has 92 valence electrons. The van der Waals surface area contributed by atoms with Gasteiger partial charge in [0.2, 0.25) is 0 Å². The van der Waals surface area contributed by atoms with Crippen LogP contribution in [0.25, 0.3) is 0 Å². The monoisotopic (exact) mass is 242 g/mol. The lowest BCUT2D eigenvalue weighted by Gasteiger charge is -2.10. The van der Waals surface area contributed by atoms with Crippen LogP contribution in [0.1, 0.15) is 41.4 Å². The Morgan fingerprint density at radius 3 is 3.00 bits per heavy atom. The molecule has 3 heterocycles. The molecule has 0 fully saturated rings. The van der Waals surface area contributed by atoms with Gasteiger partial charge in [-0.05, 0) is 17.5 Å². The van der Waals surface area contributed by atoms with Crippen LogP contribution >= 0.6 is 0 Å². The lowest BCUT2D eigenvalue weighted by atomic mass is 10.0. The molecule has 5 nitrogen and oxygen atoms in total. The van der Waals surface area contributed by atoms with Gasteiger partial charge >= 0.3 is 0 Å². The van der Waals surface area contributed by atoms with E-state index in [-0.39, 0.29) is 5.91 Å². The fraction of sp³-hybridized carbons (Fsp3) is 0.308. The highest BCUT2D eigenvalue weighted by molar-refractivity contribution is 6.03. The van der Waals surface area contributed by atoms with Crippen LogP contribution in [0.5, 0.6) is 0 Å². The molecule has 0 bridgehead atoms. The average Bonchev–Trinajstić information content (AvgIpc) is 2.74. The number of hydrogen-bond acceptors (Lipinski definition) is 3. The highest BCUT2D eigenvalue weighted by atomic mass is 16.2. The summed E-state index contributed by atoms with van der Waals surface area (Å²) in [6.07, 6.45) is 5.07. The quantitative estimate of drug-likeness (QED) is 0.832. The van der Waals surface area contributed by atoms with E-state index in [9.17, 15) is 4.79 Å². The van der Waals surface area contributed by atoms with Gasteiger partial charge in [-0.3, -0.25) is 4.79 Å². The van der Waals surface area contributed by atoms with Gasteiger partial charge in [0.05, 0.1) is 19.1 Å². The van der Waals surface area contributed by atoms with E-state index in [1.165, 1.54) is 5.56 Å². The number of anilines is 1. The molecule has 5 heteroatoms. The summed E-state index contributed by atoms with van der Waals surface area (Å²) in [5.41, 5.74) is 2.76. The van der Waals surface area contributed by atoms with Crippen LogP contribution in [0.15, 0.2) is 24.8 Å². The lowest BCUT2D eigenvalue weighted by molar-refractivity contribution is 0.102. The van der Waals surface area contributed by atoms with E-state index in [0.29, 0.717) is 24.0 Å². The molecule has 3 rings (SSSR count). The van der Waals surface area contributed by atoms with Crippen molar-refractivity contribution in [2.24, 2.45) is 0 Å². The summed E-state index contributed by atoms with van der Waals surface area (Å²) in [5, 5.41) is 2.82. The molecule has 0 saturated carbocycles. The van der Waals surface area contributed by atoms with E-state index in [1.807, 2.05) is 10.8 Å². The Morgan fingerprint density at radius 1 is 1.39 bits per heavy atom. The van der Waals surface area contributed by atoms with Crippen molar-refractivity contribution < 1.29 is 4.79 Å². The topological polar surface area (TPSA) is 59.8 Å². The summed E-state index contributed by atoms with van der Waals surface area (Å²) in [5.74, 6) is 0.910. The Kier molecular flexibility index (Phi) is 2.40. The zero-order chi connectivity index (χ0) is 12.7. The Balaban J connectivity index is 2.10. The van der Waals surface area contributed by atoms with Crippen molar-refractivity contribution in [3.05, 3.63) is 41.6 Å². The molecule has 0 atom stereocenters. The number of amides is 1. The number of carbonyl (C=O) groups is 1. The van der Waals surface area contributed by atoms with Crippen molar-refractivity contribution in [3.8, 4) is 0 Å². The van der Waals surface area contributed by atoms with Gasteiger partial charge in [-0.2, -0.15) is 0 Å². The van der Waals surface area contributed by atoms with E-state index in [4.69, 9.17) is 0 Å². The molecule has 1 amide bonds. The fourth-order valence-electron chi connectivity index (χ4n) is 2.07. The molecule has 0 saturated heterocycles. The number of imidazole rings is 1. The number of pyridine rings is 1. The van der Waals surface area contributed by atoms with Crippen LogP contribution in [0.3, 0.4) is 0 Å². The first-order valence-electron chi connectivity index (χ1n) is 5.95. The third kappa shape index (κ3) is 1.68. The molecule has 2 aromatic rings. The lowest BCUT2D eigenvalue weighted by Crippen LogP contribution is -2.13. The van der Waals surface area contributed by atoms with Crippen molar-refractivity contribution in [2.45, 2.75) is 26.3 Å². The van der Waals surface area contributed by atoms with Crippen LogP contribution in [0.4, 0.5) is 5.82 Å². The zero-order valence-corrected chi connectivity index (χ0v) is 10.3. The molecular weight excluding hydrogens is 228 g/mol. The number of hydrogen-bond donors (Lipinski definition) is 1. The summed E-state index contributed by atoms with van der Waals surface area (Å²) in [6.45, 7) is 4.87. The van der Waals surface area contributed by atoms with Crippen LogP contribution < -0.4 is 5.32 Å². The van der Waals surface area contributed by atoms with E-state index in [1.54, 1.807) is 12.5 Å². The minimum atomic E-state index is -0.156. The second kappa shape index (κ2) is 3.94. The fourth-order valence-corrected chi connectivity index (χ4v) is 2.07. The summed E-state index contributed by atoms with van der Waals surface area (Å²) in [6, 6.07) is 2.10. The third-order valence-corrected chi connectivity index (χ3v) is 3.17. The third-order valence-electron chi connectivity index (χ3n) is 3.17. The van der Waals surface area contributed by atoms with Gasteiger partial charge in [-0.15, -0.1) is 0 Å². The van der Waals surface area contributed by atoms with Crippen molar-refractivity contribution in [3.63, 3.8) is 0 Å². The van der Waals surface area contributed by atoms with Crippen LogP contribution in [-0.2, 0) is 6.54 Å². The number of carbonyl (C=O) groups excluding carboxylic acids is 1. The molecule has 0 aliphatic carbocycles. The van der Waals surface area contributed by atoms with E-state index in [2.05, 4.69) is 35.2 Å². The molecule has 0 spiro atoms. The number of fused-ring (bicyclic) bond motifs is 2. The Labute approximate surface area is 105 Å². The minimum absolute atomic E-state index is 0.156. The molecule has 0 unspecified atom stereocenters. The maximum atomic E-state index is 11.9. The van der Waals surface area contributed by atoms with Crippen LogP contribution in [0, 0.1) is 0 Å². The van der Waals surface area contributed by atoms with Gasteiger partial charge in [-0.25, -0.2) is 9.97 Å². The maximum absolute atomic E-state index is 11.9. The van der Waals surface area contributed by atoms with Crippen molar-refractivity contribution >= 4 is 11.7 Å². The van der Waals surface area contributed by atoms with Gasteiger partial charge in [-0.1, -0.05) is 13.8 Å². The summed E-state index contributed by atoms with van der Waals surface area (Å²) in [7, 11) is 0. The van der Waals surface area contributed by atoms with Crippen molar-refractivity contribution in [2.75, 3.05) is 5.32 Å². The number of nitrogens with zero attached hydrogens (tertiary/aromatic N) is 3. The maximum Gasteiger partial charge on any atom is 0.275 e. The predicted molar refractivity (Wildman–Crippen MR) is 67.6 cm³/mol. The van der Waals surface area contributed by atoms with Gasteiger partial charge in [0, 0.05) is 11.8 Å². The first-order chi connectivity index (χ1) is 8.65. The summed E-state index contributed by atoms with van der Waals surface area (Å²) in [4.78, 5) is 20.3. The van der Waals surface area contributed by atoms with E-state index in [0.717, 1.165) is 5.56 Å². The van der Waals surface area contributed by atoms with Crippen LogP contribution in [-0.4, -0.2) is 20.4 Å². The SMILES string of the molecule is CC(C)c1cnc2c(c1)Cn1cncc1C(=O)N2. The first kappa shape index (κ1) is 11.0. The largest absolute Gasteiger partial charge is 0.322 e. The van der Waals surface area contributed by atoms with Gasteiger partial charge < -0.3 is 9.88 Å². The average molecular weight is 242 g/mol. The number of aromatic nitrogens is 3. The molecule has 1 aliphatic rings. The standard InChI is InChI=1S/C13H14N4O/c1-8(2)9-3-10-6-17-7-14-5-11(17)13(18)16-12(10)15-4-9/h3-5,7-8H,6H2,1-2H3,(H,15,16,18). The van der Waals surface area contributed by atoms with Crippen molar-refractivity contribution in [1.29, 1.82) is 0 Å². The van der Waals surface area contributed by atoms with Crippen molar-refractivity contribution in [1.82, 2.24) is 14.5 Å². The zero-order valence-electron chi connectivity index (χ0n) is 10.3. The number of rotatable bonds is 1. The first-order valence-corrected chi connectivity index (χ1v) is 5.95. The molecule has 0 aromatic carbocycles. The predicted octanol–water partition coefficient (Wildman–Crippen LogP) is 2.02. The normalized spacial score (nSPS) is 13.8. The van der Waals surface area contributed by atoms with Gasteiger partial charge in [0.15, 0.2) is 0 Å². The van der Waals surface area contributed by atoms with Gasteiger partial charge in [0.1, 0.15) is 11.5 Å². The van der Waals surface area contributed by atoms with E-state index < -0.39 is 0 Å². The summed E-state index contributed by atoms with van der Waals surface area (Å²) < 4.78 is 1.84. The van der Waals surface area contributed by atoms with Gasteiger partial charge in [0.25, 0.3) is 5.91 Å². The van der Waals surface area contributed by atoms with E-state index >= 15 is 0 Å². The minimum Gasteiger partial charge on any atom is -0.322 e. The molecular formula is C13H14N4O. The molecule has 1 aliphatic heterocycles. The molecule has 1 N–H and O–H groups in total. The Hall–Kier alpha value is -2.17. The highest BCUT2D eigenvalue weighted by Gasteiger charge is 2.20. The molecule has 18 heavy (non-hydrogen) atoms. The smallest absolute Gasteiger partial charge is 0.275 e. The molecule has 0 radical (unpaired) electrons. The molecule has 2 aromatic heterocycles.